The molecular formula is C36H32FeP2. The third-order valence-electron chi connectivity index (χ3n) is 6.42. The Morgan fingerprint density at radius 2 is 0.564 bits per heavy atom. The van der Waals surface area contributed by atoms with Crippen LogP contribution in [0.2, 0.25) is 0 Å². The van der Waals surface area contributed by atoms with E-state index in [0.717, 1.165) is 12.3 Å². The van der Waals surface area contributed by atoms with Crippen molar-refractivity contribution >= 4 is 37.1 Å². The third kappa shape index (κ3) is 8.47. The first-order valence-electron chi connectivity index (χ1n) is 13.0. The summed E-state index contributed by atoms with van der Waals surface area (Å²) in [5.74, 6) is 0. The molecule has 0 bridgehead atoms. The molecule has 0 saturated carbocycles. The largest absolute Gasteiger partial charge is 2.00 e. The fraction of sp³-hybridized carbons (Fsp3) is 0.0556. The molecule has 39 heavy (non-hydrogen) atoms. The summed E-state index contributed by atoms with van der Waals surface area (Å²) in [6.07, 6.45) is 2.24. The van der Waals surface area contributed by atoms with Gasteiger partial charge in [0.05, 0.1) is 0 Å². The second-order valence-electron chi connectivity index (χ2n) is 9.10. The average molecular weight is 582 g/mol. The van der Waals surface area contributed by atoms with Gasteiger partial charge in [0.1, 0.15) is 0 Å². The molecule has 194 valence electrons. The molecule has 0 N–H and O–H groups in total. The maximum Gasteiger partial charge on any atom is 2.00 e. The van der Waals surface area contributed by atoms with Gasteiger partial charge in [-0.2, -0.15) is 35.4 Å². The van der Waals surface area contributed by atoms with E-state index in [1.54, 1.807) is 0 Å². The number of benzene rings is 4. The molecule has 0 aliphatic rings. The molecule has 0 aliphatic carbocycles. The zero-order valence-electron chi connectivity index (χ0n) is 21.8. The SMILES string of the molecule is [Fe+2].c1ccc(P(C[c-]2cccc2)c2ccccc2)cc1.c1ccc(P(C[c-]2cccc2)c2ccccc2)cc1. The quantitative estimate of drug-likeness (QED) is 0.0968. The second-order valence-corrected chi connectivity index (χ2v) is 13.5. The van der Waals surface area contributed by atoms with Gasteiger partial charge >= 0.3 is 17.1 Å². The molecule has 3 heteroatoms. The Bertz CT molecular complexity index is 1240. The van der Waals surface area contributed by atoms with Gasteiger partial charge < -0.3 is 0 Å². The summed E-state index contributed by atoms with van der Waals surface area (Å²) in [4.78, 5) is 0. The van der Waals surface area contributed by atoms with E-state index in [2.05, 4.69) is 170 Å². The van der Waals surface area contributed by atoms with E-state index in [4.69, 9.17) is 0 Å². The minimum Gasteiger partial charge on any atom is -0.213 e. The van der Waals surface area contributed by atoms with Gasteiger partial charge in [0, 0.05) is 0 Å². The van der Waals surface area contributed by atoms with Crippen molar-refractivity contribution in [2.24, 2.45) is 0 Å². The molecule has 0 nitrogen and oxygen atoms in total. The summed E-state index contributed by atoms with van der Waals surface area (Å²) >= 11 is 0. The molecule has 0 heterocycles. The minimum absolute atomic E-state index is 0. The molecule has 0 amide bonds. The van der Waals surface area contributed by atoms with E-state index in [1.807, 2.05) is 0 Å². The van der Waals surface area contributed by atoms with Gasteiger partial charge in [0.25, 0.3) is 0 Å². The molecule has 0 atom stereocenters. The van der Waals surface area contributed by atoms with E-state index < -0.39 is 0 Å². The molecule has 0 radical (unpaired) electrons. The molecule has 6 aromatic carbocycles. The second kappa shape index (κ2) is 15.5. The van der Waals surface area contributed by atoms with E-state index in [9.17, 15) is 0 Å². The van der Waals surface area contributed by atoms with Gasteiger partial charge in [-0.15, -0.1) is 0 Å². The van der Waals surface area contributed by atoms with Crippen LogP contribution in [0, 0.1) is 0 Å². The van der Waals surface area contributed by atoms with Gasteiger partial charge in [-0.3, -0.25) is 0 Å². The molecule has 6 rings (SSSR count). The number of rotatable bonds is 8. The Balaban J connectivity index is 0.000000176. The number of hydrogen-bond acceptors (Lipinski definition) is 0. The van der Waals surface area contributed by atoms with Crippen molar-refractivity contribution in [1.82, 2.24) is 0 Å². The Kier molecular flexibility index (Phi) is 11.5. The van der Waals surface area contributed by atoms with E-state index in [-0.39, 0.29) is 32.9 Å². The molecule has 0 saturated heterocycles. The summed E-state index contributed by atoms with van der Waals surface area (Å²) in [5.41, 5.74) is 2.86. The van der Waals surface area contributed by atoms with Crippen LogP contribution in [-0.2, 0) is 29.4 Å². The zero-order valence-corrected chi connectivity index (χ0v) is 24.7. The summed E-state index contributed by atoms with van der Waals surface area (Å²) in [6, 6.07) is 60.9. The van der Waals surface area contributed by atoms with Crippen molar-refractivity contribution < 1.29 is 17.1 Å². The molecule has 0 spiro atoms. The molecule has 0 aromatic heterocycles. The van der Waals surface area contributed by atoms with Gasteiger partial charge in [-0.25, -0.2) is 24.3 Å². The van der Waals surface area contributed by atoms with Gasteiger partial charge in [0.15, 0.2) is 0 Å². The Morgan fingerprint density at radius 3 is 0.795 bits per heavy atom. The van der Waals surface area contributed by atoms with Gasteiger partial charge in [-0.1, -0.05) is 137 Å². The van der Waals surface area contributed by atoms with E-state index in [1.165, 1.54) is 32.3 Å². The Hall–Kier alpha value is -3.04. The maximum atomic E-state index is 2.25. The third-order valence-corrected chi connectivity index (χ3v) is 11.5. The Labute approximate surface area is 246 Å². The van der Waals surface area contributed by atoms with Crippen molar-refractivity contribution in [3.8, 4) is 0 Å². The average Bonchev–Trinajstić information content (AvgIpc) is 3.72. The van der Waals surface area contributed by atoms with Crippen LogP contribution < -0.4 is 21.2 Å². The summed E-state index contributed by atoms with van der Waals surface area (Å²) in [7, 11) is -0.603. The topological polar surface area (TPSA) is 0 Å². The van der Waals surface area contributed by atoms with E-state index >= 15 is 0 Å². The van der Waals surface area contributed by atoms with Crippen LogP contribution >= 0.6 is 15.8 Å². The molecule has 0 aliphatic heterocycles. The standard InChI is InChI=1S/2C18H16P.Fe/c2*1-3-11-17(12-4-1)19(15-16-9-7-8-10-16)18-13-5-2-6-14-18;/h2*1-14H,15H2;/q2*-1;+2. The predicted octanol–water partition coefficient (Wildman–Crippen LogP) is 8.07. The fourth-order valence-electron chi connectivity index (χ4n) is 4.50. The van der Waals surface area contributed by atoms with Crippen LogP contribution in [0.1, 0.15) is 11.1 Å². The first-order chi connectivity index (χ1) is 18.9. The fourth-order valence-corrected chi connectivity index (χ4v) is 9.11. The van der Waals surface area contributed by atoms with Crippen molar-refractivity contribution in [3.05, 3.63) is 181 Å². The van der Waals surface area contributed by atoms with Crippen LogP contribution in [0.5, 0.6) is 0 Å². The van der Waals surface area contributed by atoms with Crippen LogP contribution in [0.4, 0.5) is 0 Å². The van der Waals surface area contributed by atoms with Crippen LogP contribution in [0.15, 0.2) is 170 Å². The smallest absolute Gasteiger partial charge is 0.213 e. The van der Waals surface area contributed by atoms with E-state index in [0.29, 0.717) is 0 Å². The Morgan fingerprint density at radius 1 is 0.333 bits per heavy atom. The van der Waals surface area contributed by atoms with Crippen LogP contribution in [-0.4, -0.2) is 0 Å². The normalized spacial score (nSPS) is 10.5. The van der Waals surface area contributed by atoms with Gasteiger partial charge in [0.2, 0.25) is 0 Å². The van der Waals surface area contributed by atoms with Crippen molar-refractivity contribution in [3.63, 3.8) is 0 Å². The molecule has 0 fully saturated rings. The summed E-state index contributed by atoms with van der Waals surface area (Å²) in [6.45, 7) is 0. The maximum absolute atomic E-state index is 2.25. The predicted molar refractivity (Wildman–Crippen MR) is 170 cm³/mol. The van der Waals surface area contributed by atoms with Crippen molar-refractivity contribution in [1.29, 1.82) is 0 Å². The van der Waals surface area contributed by atoms with Gasteiger partial charge in [-0.05, 0) is 33.5 Å². The van der Waals surface area contributed by atoms with Crippen molar-refractivity contribution in [2.75, 3.05) is 0 Å². The molecule has 0 unspecified atom stereocenters. The van der Waals surface area contributed by atoms with Crippen LogP contribution in [0.3, 0.4) is 0 Å². The first-order valence-corrected chi connectivity index (χ1v) is 16.1. The molecular weight excluding hydrogens is 550 g/mol. The van der Waals surface area contributed by atoms with Crippen molar-refractivity contribution in [2.45, 2.75) is 12.3 Å². The first kappa shape index (κ1) is 29.0. The summed E-state index contributed by atoms with van der Waals surface area (Å²) in [5, 5.41) is 5.80. The van der Waals surface area contributed by atoms with Crippen LogP contribution in [0.25, 0.3) is 0 Å². The number of hydrogen-bond donors (Lipinski definition) is 0. The monoisotopic (exact) mass is 582 g/mol. The minimum atomic E-state index is -0.301. The summed E-state index contributed by atoms with van der Waals surface area (Å²) < 4.78 is 0. The molecule has 6 aromatic rings. The zero-order chi connectivity index (χ0) is 25.8.